The maximum Gasteiger partial charge on any atom is 0.317 e. The lowest BCUT2D eigenvalue weighted by Gasteiger charge is -2.35. The highest BCUT2D eigenvalue weighted by Gasteiger charge is 2.26. The number of carbonyl (C=O) groups is 1. The third-order valence-electron chi connectivity index (χ3n) is 2.63. The minimum atomic E-state index is -0.0283. The number of nitrogens with one attached hydrogen (secondary N) is 1. The van der Waals surface area contributed by atoms with Gasteiger partial charge in [0.1, 0.15) is 0 Å². The van der Waals surface area contributed by atoms with Gasteiger partial charge < -0.3 is 10.2 Å². The van der Waals surface area contributed by atoms with Crippen molar-refractivity contribution in [2.24, 2.45) is 11.8 Å². The quantitative estimate of drug-likeness (QED) is 0.683. The lowest BCUT2D eigenvalue weighted by molar-refractivity contribution is 0.143. The molecule has 1 rings (SSSR count). The summed E-state index contributed by atoms with van der Waals surface area (Å²) in [6.07, 6.45) is 1.61. The van der Waals surface area contributed by atoms with E-state index < -0.39 is 0 Å². The molecule has 4 nitrogen and oxygen atoms in total. The Labute approximate surface area is 84.9 Å². The van der Waals surface area contributed by atoms with E-state index in [1.165, 1.54) is 0 Å². The SMILES string of the molecule is CNC(=O)N1CC(C)C[C@H](CC#N)C1. The van der Waals surface area contributed by atoms with Crippen LogP contribution in [-0.4, -0.2) is 31.1 Å². The molecule has 0 radical (unpaired) electrons. The highest BCUT2D eigenvalue weighted by Crippen LogP contribution is 2.23. The van der Waals surface area contributed by atoms with Gasteiger partial charge in [-0.3, -0.25) is 0 Å². The van der Waals surface area contributed by atoms with Gasteiger partial charge in [-0.2, -0.15) is 5.26 Å². The van der Waals surface area contributed by atoms with Gasteiger partial charge in [0.05, 0.1) is 6.07 Å². The molecular weight excluding hydrogens is 178 g/mol. The van der Waals surface area contributed by atoms with Crippen molar-refractivity contribution in [3.05, 3.63) is 0 Å². The normalized spacial score (nSPS) is 26.8. The number of piperidine rings is 1. The molecule has 14 heavy (non-hydrogen) atoms. The molecule has 0 bridgehead atoms. The monoisotopic (exact) mass is 195 g/mol. The number of likely N-dealkylation sites (tertiary alicyclic amines) is 1. The van der Waals surface area contributed by atoms with Crippen LogP contribution >= 0.6 is 0 Å². The van der Waals surface area contributed by atoms with Crippen LogP contribution in [0.5, 0.6) is 0 Å². The molecule has 0 saturated carbocycles. The predicted octanol–water partition coefficient (Wildman–Crippen LogP) is 1.20. The fraction of sp³-hybridized carbons (Fsp3) is 0.800. The molecule has 2 atom stereocenters. The van der Waals surface area contributed by atoms with Crippen LogP contribution in [-0.2, 0) is 0 Å². The van der Waals surface area contributed by atoms with Crippen molar-refractivity contribution in [3.8, 4) is 6.07 Å². The fourth-order valence-corrected chi connectivity index (χ4v) is 2.08. The molecule has 0 aliphatic carbocycles. The minimum absolute atomic E-state index is 0.0283. The van der Waals surface area contributed by atoms with E-state index in [4.69, 9.17) is 5.26 Å². The average Bonchev–Trinajstić information content (AvgIpc) is 2.16. The summed E-state index contributed by atoms with van der Waals surface area (Å²) >= 11 is 0. The van der Waals surface area contributed by atoms with Crippen LogP contribution in [0.4, 0.5) is 4.79 Å². The van der Waals surface area contributed by atoms with E-state index in [0.717, 1.165) is 19.5 Å². The second-order valence-electron chi connectivity index (χ2n) is 4.03. The molecule has 0 aromatic heterocycles. The number of rotatable bonds is 1. The van der Waals surface area contributed by atoms with Crippen molar-refractivity contribution in [3.63, 3.8) is 0 Å². The van der Waals surface area contributed by atoms with Crippen LogP contribution in [0.15, 0.2) is 0 Å². The van der Waals surface area contributed by atoms with Crippen LogP contribution in [0.2, 0.25) is 0 Å². The van der Waals surface area contributed by atoms with Gasteiger partial charge in [-0.15, -0.1) is 0 Å². The van der Waals surface area contributed by atoms with E-state index >= 15 is 0 Å². The van der Waals surface area contributed by atoms with Gasteiger partial charge in [-0.05, 0) is 18.3 Å². The third kappa shape index (κ3) is 2.63. The topological polar surface area (TPSA) is 56.1 Å². The summed E-state index contributed by atoms with van der Waals surface area (Å²) in [5.74, 6) is 0.848. The Kier molecular flexibility index (Phi) is 3.75. The summed E-state index contributed by atoms with van der Waals surface area (Å²) < 4.78 is 0. The van der Waals surface area contributed by atoms with Crippen molar-refractivity contribution in [2.45, 2.75) is 19.8 Å². The Morgan fingerprint density at radius 3 is 2.93 bits per heavy atom. The van der Waals surface area contributed by atoms with Crippen molar-refractivity contribution in [2.75, 3.05) is 20.1 Å². The summed E-state index contributed by atoms with van der Waals surface area (Å²) in [5, 5.41) is 11.2. The Balaban J connectivity index is 2.54. The Morgan fingerprint density at radius 2 is 2.36 bits per heavy atom. The molecule has 1 saturated heterocycles. The zero-order valence-corrected chi connectivity index (χ0v) is 8.79. The van der Waals surface area contributed by atoms with Gasteiger partial charge in [-0.1, -0.05) is 6.92 Å². The van der Waals surface area contributed by atoms with Gasteiger partial charge in [0.2, 0.25) is 0 Å². The fourth-order valence-electron chi connectivity index (χ4n) is 2.08. The molecule has 1 heterocycles. The molecule has 1 aliphatic heterocycles. The minimum Gasteiger partial charge on any atom is -0.341 e. The largest absolute Gasteiger partial charge is 0.341 e. The maximum atomic E-state index is 11.4. The molecule has 1 unspecified atom stereocenters. The van der Waals surface area contributed by atoms with Crippen LogP contribution in [0.25, 0.3) is 0 Å². The Bertz CT molecular complexity index is 246. The van der Waals surface area contributed by atoms with E-state index in [1.54, 1.807) is 11.9 Å². The van der Waals surface area contributed by atoms with Crippen molar-refractivity contribution in [1.82, 2.24) is 10.2 Å². The average molecular weight is 195 g/mol. The number of amides is 2. The van der Waals surface area contributed by atoms with E-state index in [1.807, 2.05) is 0 Å². The van der Waals surface area contributed by atoms with Gasteiger partial charge >= 0.3 is 6.03 Å². The molecule has 1 aliphatic rings. The van der Waals surface area contributed by atoms with Crippen LogP contribution in [0.1, 0.15) is 19.8 Å². The number of carbonyl (C=O) groups excluding carboxylic acids is 1. The lowest BCUT2D eigenvalue weighted by atomic mass is 9.89. The zero-order chi connectivity index (χ0) is 10.6. The first-order chi connectivity index (χ1) is 6.67. The second kappa shape index (κ2) is 4.85. The van der Waals surface area contributed by atoms with E-state index in [-0.39, 0.29) is 6.03 Å². The summed E-state index contributed by atoms with van der Waals surface area (Å²) in [4.78, 5) is 13.2. The summed E-state index contributed by atoms with van der Waals surface area (Å²) in [5.41, 5.74) is 0. The number of nitriles is 1. The standard InChI is InChI=1S/C10H17N3O/c1-8-5-9(3-4-11)7-13(6-8)10(14)12-2/h8-9H,3,5-7H2,1-2H3,(H,12,14)/t8?,9-/m0/s1. The van der Waals surface area contributed by atoms with Crippen LogP contribution in [0, 0.1) is 23.2 Å². The molecule has 4 heteroatoms. The zero-order valence-electron chi connectivity index (χ0n) is 8.79. The first-order valence-corrected chi connectivity index (χ1v) is 5.01. The summed E-state index contributed by atoms with van der Waals surface area (Å²) in [7, 11) is 1.64. The highest BCUT2D eigenvalue weighted by atomic mass is 16.2. The third-order valence-corrected chi connectivity index (χ3v) is 2.63. The van der Waals surface area contributed by atoms with Crippen molar-refractivity contribution >= 4 is 6.03 Å². The van der Waals surface area contributed by atoms with Crippen LogP contribution in [0.3, 0.4) is 0 Å². The Hall–Kier alpha value is -1.24. The predicted molar refractivity (Wildman–Crippen MR) is 53.5 cm³/mol. The smallest absolute Gasteiger partial charge is 0.317 e. The van der Waals surface area contributed by atoms with E-state index in [0.29, 0.717) is 18.3 Å². The number of urea groups is 1. The molecule has 1 N–H and O–H groups in total. The summed E-state index contributed by atoms with van der Waals surface area (Å²) in [6, 6.07) is 2.15. The number of hydrogen-bond acceptors (Lipinski definition) is 2. The first-order valence-electron chi connectivity index (χ1n) is 5.01. The number of nitrogens with zero attached hydrogens (tertiary/aromatic N) is 2. The van der Waals surface area contributed by atoms with E-state index in [2.05, 4.69) is 18.3 Å². The molecule has 0 aromatic rings. The molecule has 0 aromatic carbocycles. The molecule has 1 fully saturated rings. The van der Waals surface area contributed by atoms with Gasteiger partial charge in [0, 0.05) is 26.6 Å². The van der Waals surface area contributed by atoms with Crippen molar-refractivity contribution in [1.29, 1.82) is 5.26 Å². The lowest BCUT2D eigenvalue weighted by Crippen LogP contribution is -2.46. The highest BCUT2D eigenvalue weighted by molar-refractivity contribution is 5.73. The molecule has 0 spiro atoms. The summed E-state index contributed by atoms with van der Waals surface area (Å²) in [6.45, 7) is 3.65. The van der Waals surface area contributed by atoms with Gasteiger partial charge in [0.25, 0.3) is 0 Å². The molecule has 78 valence electrons. The number of hydrogen-bond donors (Lipinski definition) is 1. The van der Waals surface area contributed by atoms with Crippen LogP contribution < -0.4 is 5.32 Å². The first kappa shape index (κ1) is 10.8. The van der Waals surface area contributed by atoms with Gasteiger partial charge in [0.15, 0.2) is 0 Å². The van der Waals surface area contributed by atoms with E-state index in [9.17, 15) is 4.79 Å². The molecule has 2 amide bonds. The Morgan fingerprint density at radius 1 is 1.64 bits per heavy atom. The molecular formula is C10H17N3O. The maximum absolute atomic E-state index is 11.4. The van der Waals surface area contributed by atoms with Gasteiger partial charge in [-0.25, -0.2) is 4.79 Å². The second-order valence-corrected chi connectivity index (χ2v) is 4.03. The van der Waals surface area contributed by atoms with Crippen molar-refractivity contribution < 1.29 is 4.79 Å².